The number of rotatable bonds is 14. The number of hydrogen-bond donors (Lipinski definition) is 2. The van der Waals surface area contributed by atoms with Crippen LogP contribution in [0.25, 0.3) is 0 Å². The summed E-state index contributed by atoms with van der Waals surface area (Å²) >= 11 is 0. The van der Waals surface area contributed by atoms with Gasteiger partial charge in [0.15, 0.2) is 0 Å². The fraction of sp³-hybridized carbons (Fsp3) is 0.812. The molecule has 1 aromatic rings. The van der Waals surface area contributed by atoms with Gasteiger partial charge in [-0.3, -0.25) is 4.21 Å². The molecule has 1 unspecified atom stereocenters. The van der Waals surface area contributed by atoms with Crippen molar-refractivity contribution >= 4 is 10.8 Å². The molecule has 2 N–H and O–H groups in total. The molecule has 4 rings (SSSR count). The number of benzene rings is 1. The minimum absolute atomic E-state index is 0.0977. The van der Waals surface area contributed by atoms with E-state index in [1.165, 1.54) is 5.56 Å². The van der Waals surface area contributed by atoms with Crippen LogP contribution < -0.4 is 0 Å². The predicted octanol–water partition coefficient (Wildman–Crippen LogP) is 8.68. The van der Waals surface area contributed by atoms with Crippen molar-refractivity contribution in [1.82, 2.24) is 0 Å². The Kier molecular flexibility index (Phi) is 9.07. The molecule has 41 heavy (non-hydrogen) atoms. The van der Waals surface area contributed by atoms with Gasteiger partial charge in [0.05, 0.1) is 6.10 Å². The number of aliphatic hydroxyl groups excluding tert-OH is 1. The maximum atomic E-state index is 13.1. The Balaban J connectivity index is 1.26. The fourth-order valence-corrected chi connectivity index (χ4v) is 8.62. The van der Waals surface area contributed by atoms with Gasteiger partial charge >= 0.3 is 12.1 Å². The first-order valence-corrected chi connectivity index (χ1v) is 16.4. The van der Waals surface area contributed by atoms with Crippen LogP contribution in [0.15, 0.2) is 18.2 Å². The summed E-state index contributed by atoms with van der Waals surface area (Å²) in [5.41, 5.74) is -0.191. The van der Waals surface area contributed by atoms with E-state index in [0.717, 1.165) is 37.7 Å². The monoisotopic (exact) mass is 610 g/mol. The van der Waals surface area contributed by atoms with Crippen LogP contribution in [-0.2, 0) is 17.2 Å². The van der Waals surface area contributed by atoms with Crippen LogP contribution >= 0.6 is 0 Å². The summed E-state index contributed by atoms with van der Waals surface area (Å²) in [6, 6.07) is 5.48. The van der Waals surface area contributed by atoms with Crippen molar-refractivity contribution in [2.45, 2.75) is 127 Å². The van der Waals surface area contributed by atoms with E-state index in [0.29, 0.717) is 38.5 Å². The van der Waals surface area contributed by atoms with Crippen molar-refractivity contribution < 1.29 is 41.9 Å². The molecule has 2 fully saturated rings. The van der Waals surface area contributed by atoms with Crippen LogP contribution in [0.3, 0.4) is 0 Å². The Bertz CT molecular complexity index is 1200. The zero-order chi connectivity index (χ0) is 33.4. The molecule has 0 bridgehead atoms. The van der Waals surface area contributed by atoms with E-state index in [1.807, 2.05) is 6.07 Å². The minimum atomic E-state index is -5.68. The van der Waals surface area contributed by atoms with Gasteiger partial charge in [0, 0.05) is 34.2 Å². The lowest BCUT2D eigenvalue weighted by molar-refractivity contribution is -0.284. The molecule has 9 heteroatoms. The van der Waals surface area contributed by atoms with Gasteiger partial charge in [0.1, 0.15) is 5.75 Å². The number of unbranched alkanes of at least 4 members (excludes halogenated alkanes) is 4. The molecule has 3 nitrogen and oxygen atoms in total. The van der Waals surface area contributed by atoms with Crippen molar-refractivity contribution in [2.75, 3.05) is 11.5 Å². The van der Waals surface area contributed by atoms with E-state index >= 15 is 0 Å². The SMILES string of the molecule is [2H]C([2H])(CCCCCCCC([2H])([2H])S(=O)CCCC(F)(F)C(F)(F)F)[C@@H]1Cc2cc(O)ccc2[C@H]2CC[C@]3(C)[C@@H](O)CC[C@H]3[C@@H]21. The third-order valence-corrected chi connectivity index (χ3v) is 11.2. The van der Waals surface area contributed by atoms with Gasteiger partial charge in [-0.15, -0.1) is 0 Å². The van der Waals surface area contributed by atoms with E-state index in [1.54, 1.807) is 12.1 Å². The first-order chi connectivity index (χ1) is 20.8. The predicted molar refractivity (Wildman–Crippen MR) is 153 cm³/mol. The first-order valence-electron chi connectivity index (χ1n) is 17.1. The van der Waals surface area contributed by atoms with E-state index < -0.39 is 53.6 Å². The van der Waals surface area contributed by atoms with Gasteiger partial charge < -0.3 is 10.2 Å². The number of hydrogen-bond acceptors (Lipinski definition) is 3. The number of halogens is 5. The van der Waals surface area contributed by atoms with Crippen molar-refractivity contribution in [3.8, 4) is 5.75 Å². The maximum absolute atomic E-state index is 13.1. The van der Waals surface area contributed by atoms with Crippen molar-refractivity contribution in [3.05, 3.63) is 29.3 Å². The largest absolute Gasteiger partial charge is 0.508 e. The minimum Gasteiger partial charge on any atom is -0.508 e. The van der Waals surface area contributed by atoms with Crippen LogP contribution in [-0.4, -0.2) is 44.1 Å². The van der Waals surface area contributed by atoms with Crippen molar-refractivity contribution in [1.29, 1.82) is 0 Å². The summed E-state index contributed by atoms with van der Waals surface area (Å²) in [5, 5.41) is 21.1. The lowest BCUT2D eigenvalue weighted by Gasteiger charge is -2.53. The molecule has 0 spiro atoms. The molecule has 3 aliphatic carbocycles. The molecule has 3 aliphatic rings. The van der Waals surface area contributed by atoms with Crippen LogP contribution in [0.4, 0.5) is 22.0 Å². The first kappa shape index (κ1) is 27.3. The second kappa shape index (κ2) is 13.6. The molecule has 0 saturated heterocycles. The third kappa shape index (κ3) is 7.66. The second-order valence-corrected chi connectivity index (χ2v) is 14.0. The summed E-state index contributed by atoms with van der Waals surface area (Å²) in [6.07, 6.45) is -2.50. The van der Waals surface area contributed by atoms with E-state index in [2.05, 4.69) is 6.92 Å². The highest BCUT2D eigenvalue weighted by Gasteiger charge is 2.57. The van der Waals surface area contributed by atoms with E-state index in [-0.39, 0.29) is 47.4 Å². The zero-order valence-electron chi connectivity index (χ0n) is 27.8. The summed E-state index contributed by atoms with van der Waals surface area (Å²) in [7, 11) is -2.19. The molecule has 1 aromatic carbocycles. The van der Waals surface area contributed by atoms with Crippen LogP contribution in [0.2, 0.25) is 0 Å². The van der Waals surface area contributed by atoms with Gasteiger partial charge in [0.25, 0.3) is 0 Å². The van der Waals surface area contributed by atoms with E-state index in [4.69, 9.17) is 2.74 Å². The van der Waals surface area contributed by atoms with Gasteiger partial charge in [-0.1, -0.05) is 51.5 Å². The molecule has 234 valence electrons. The lowest BCUT2D eigenvalue weighted by atomic mass is 9.52. The average Bonchev–Trinajstić information content (AvgIpc) is 3.24. The Morgan fingerprint density at radius 1 is 1.00 bits per heavy atom. The number of phenols is 1. The summed E-state index contributed by atoms with van der Waals surface area (Å²) in [5.74, 6) is -4.99. The highest BCUT2D eigenvalue weighted by molar-refractivity contribution is 7.84. The molecule has 0 aliphatic heterocycles. The summed E-state index contributed by atoms with van der Waals surface area (Å²) < 4.78 is 110. The standard InChI is InChI=1S/C32H47F5O3S/c1-30-17-15-26-25-12-11-24(38)21-23(25)20-22(29(26)27(30)13-14-28(30)39)10-7-5-3-2-4-6-8-18-41(40)19-9-16-31(33,34)32(35,36)37/h11-12,21-22,26-29,38-39H,2-10,13-20H2,1H3/t22-,26-,27+,28+,29-,30+,41?/m1/s1/i10D2,18D2. The van der Waals surface area contributed by atoms with Crippen LogP contribution in [0, 0.1) is 23.2 Å². The molecule has 0 amide bonds. The Morgan fingerprint density at radius 3 is 2.39 bits per heavy atom. The van der Waals surface area contributed by atoms with Crippen molar-refractivity contribution in [2.24, 2.45) is 23.2 Å². The molecule has 0 aromatic heterocycles. The molecular formula is C32H47F5O3S. The number of aliphatic hydroxyl groups is 1. The maximum Gasteiger partial charge on any atom is 0.453 e. The van der Waals surface area contributed by atoms with Crippen LogP contribution in [0.5, 0.6) is 5.75 Å². The zero-order valence-corrected chi connectivity index (χ0v) is 24.6. The second-order valence-electron chi connectivity index (χ2n) is 12.6. The number of aromatic hydroxyl groups is 1. The molecule has 0 heterocycles. The molecule has 7 atom stereocenters. The quantitative estimate of drug-likeness (QED) is 0.164. The number of fused-ring (bicyclic) bond motifs is 5. The van der Waals surface area contributed by atoms with Gasteiger partial charge in [-0.2, -0.15) is 22.0 Å². The van der Waals surface area contributed by atoms with Gasteiger partial charge in [-0.25, -0.2) is 0 Å². The lowest BCUT2D eigenvalue weighted by Crippen LogP contribution is -2.47. The smallest absolute Gasteiger partial charge is 0.453 e. The summed E-state index contributed by atoms with van der Waals surface area (Å²) in [6.45, 7) is 2.16. The molecule has 0 radical (unpaired) electrons. The Morgan fingerprint density at radius 2 is 1.68 bits per heavy atom. The highest BCUT2D eigenvalue weighted by atomic mass is 32.2. The van der Waals surface area contributed by atoms with Crippen LogP contribution in [0.1, 0.15) is 119 Å². The average molecular weight is 611 g/mol. The molecular weight excluding hydrogens is 559 g/mol. The van der Waals surface area contributed by atoms with Gasteiger partial charge in [-0.05, 0) is 104 Å². The topological polar surface area (TPSA) is 57.5 Å². The molecule has 2 saturated carbocycles. The number of phenolic OH excluding ortho intramolecular Hbond substituents is 1. The fourth-order valence-electron chi connectivity index (χ4n) is 7.70. The normalized spacial score (nSPS) is 32.6. The Hall–Kier alpha value is -1.22. The van der Waals surface area contributed by atoms with Gasteiger partial charge in [0.2, 0.25) is 0 Å². The number of alkyl halides is 5. The third-order valence-electron chi connectivity index (χ3n) is 9.97. The highest BCUT2D eigenvalue weighted by Crippen LogP contribution is 2.62. The summed E-state index contributed by atoms with van der Waals surface area (Å²) in [4.78, 5) is 0. The Labute approximate surface area is 249 Å². The van der Waals surface area contributed by atoms with Crippen molar-refractivity contribution in [3.63, 3.8) is 0 Å². The van der Waals surface area contributed by atoms with E-state index in [9.17, 15) is 39.1 Å².